The maximum absolute atomic E-state index is 5.51. The molecule has 0 spiro atoms. The van der Waals surface area contributed by atoms with Gasteiger partial charge in [0.05, 0.1) is 19.0 Å². The normalized spacial score (nSPS) is 24.5. The van der Waals surface area contributed by atoms with Crippen LogP contribution in [0.1, 0.15) is 25.7 Å². The molecule has 0 N–H and O–H groups in total. The Labute approximate surface area is 68.2 Å². The Morgan fingerprint density at radius 2 is 2.45 bits per heavy atom. The Morgan fingerprint density at radius 1 is 1.55 bits per heavy atom. The van der Waals surface area contributed by atoms with E-state index >= 15 is 0 Å². The van der Waals surface area contributed by atoms with E-state index in [2.05, 4.69) is 6.58 Å². The fourth-order valence-corrected chi connectivity index (χ4v) is 1.32. The highest BCUT2D eigenvalue weighted by atomic mass is 16.5. The van der Waals surface area contributed by atoms with Crippen molar-refractivity contribution in [1.82, 2.24) is 0 Å². The zero-order valence-electron chi connectivity index (χ0n) is 6.92. The van der Waals surface area contributed by atoms with Gasteiger partial charge in [0.25, 0.3) is 0 Å². The molecule has 11 heavy (non-hydrogen) atoms. The smallest absolute Gasteiger partial charge is 0.0897 e. The summed E-state index contributed by atoms with van der Waals surface area (Å²) in [5.74, 6) is 0. The molecule has 0 saturated carbocycles. The molecule has 0 aromatic heterocycles. The second kappa shape index (κ2) is 5.19. The first-order valence-corrected chi connectivity index (χ1v) is 4.27. The first-order valence-electron chi connectivity index (χ1n) is 4.27. The molecule has 1 aliphatic heterocycles. The molecule has 1 unspecified atom stereocenters. The zero-order valence-corrected chi connectivity index (χ0v) is 6.92. The van der Waals surface area contributed by atoms with Crippen LogP contribution in [0, 0.1) is 0 Å². The third kappa shape index (κ3) is 3.42. The van der Waals surface area contributed by atoms with E-state index < -0.39 is 0 Å². The Balaban J connectivity index is 2.00. The lowest BCUT2D eigenvalue weighted by molar-refractivity contribution is 0.000883. The van der Waals surface area contributed by atoms with Crippen LogP contribution in [0.5, 0.6) is 0 Å². The highest BCUT2D eigenvalue weighted by molar-refractivity contribution is 4.63. The van der Waals surface area contributed by atoms with Crippen molar-refractivity contribution in [3.05, 3.63) is 12.8 Å². The minimum absolute atomic E-state index is 0.434. The molecule has 0 aromatic carbocycles. The average Bonchev–Trinajstić information content (AvgIpc) is 2.07. The lowest BCUT2D eigenvalue weighted by Crippen LogP contribution is -2.20. The van der Waals surface area contributed by atoms with Crippen molar-refractivity contribution in [3.8, 4) is 0 Å². The highest BCUT2D eigenvalue weighted by Gasteiger charge is 2.12. The molecule has 64 valence electrons. The van der Waals surface area contributed by atoms with Gasteiger partial charge in [0, 0.05) is 13.0 Å². The second-order valence-electron chi connectivity index (χ2n) is 2.81. The van der Waals surface area contributed by atoms with Gasteiger partial charge in [0.1, 0.15) is 0 Å². The molecule has 2 heteroatoms. The van der Waals surface area contributed by atoms with Crippen LogP contribution in [0.4, 0.5) is 0 Å². The highest BCUT2D eigenvalue weighted by Crippen LogP contribution is 2.15. The molecule has 0 bridgehead atoms. The summed E-state index contributed by atoms with van der Waals surface area (Å²) in [7, 11) is 0. The number of hydrogen-bond donors (Lipinski definition) is 0. The summed E-state index contributed by atoms with van der Waals surface area (Å²) in [6, 6.07) is 0. The van der Waals surface area contributed by atoms with E-state index in [4.69, 9.17) is 9.47 Å². The quantitative estimate of drug-likeness (QED) is 0.458. The van der Waals surface area contributed by atoms with Crippen molar-refractivity contribution in [2.75, 3.05) is 13.2 Å². The van der Waals surface area contributed by atoms with Crippen LogP contribution in [0.3, 0.4) is 0 Å². The third-order valence-electron chi connectivity index (χ3n) is 1.95. The van der Waals surface area contributed by atoms with Gasteiger partial charge in [0.15, 0.2) is 0 Å². The summed E-state index contributed by atoms with van der Waals surface area (Å²) < 4.78 is 10.5. The summed E-state index contributed by atoms with van der Waals surface area (Å²) in [5, 5.41) is 0. The summed E-state index contributed by atoms with van der Waals surface area (Å²) >= 11 is 0. The van der Waals surface area contributed by atoms with Crippen molar-refractivity contribution in [2.24, 2.45) is 0 Å². The van der Waals surface area contributed by atoms with Crippen LogP contribution in [0.25, 0.3) is 0 Å². The Morgan fingerprint density at radius 3 is 3.09 bits per heavy atom. The van der Waals surface area contributed by atoms with Gasteiger partial charge in [0.2, 0.25) is 0 Å². The number of hydrogen-bond acceptors (Lipinski definition) is 2. The van der Waals surface area contributed by atoms with Crippen molar-refractivity contribution in [2.45, 2.75) is 31.8 Å². The Hall–Kier alpha value is -0.500. The molecule has 0 aliphatic carbocycles. The van der Waals surface area contributed by atoms with Gasteiger partial charge in [-0.2, -0.15) is 0 Å². The fourth-order valence-electron chi connectivity index (χ4n) is 1.32. The van der Waals surface area contributed by atoms with E-state index in [0.717, 1.165) is 19.6 Å². The lowest BCUT2D eigenvalue weighted by Gasteiger charge is -2.21. The predicted molar refractivity (Wildman–Crippen MR) is 44.4 cm³/mol. The van der Waals surface area contributed by atoms with Crippen LogP contribution >= 0.6 is 0 Å². The average molecular weight is 156 g/mol. The molecule has 0 radical (unpaired) electrons. The summed E-state index contributed by atoms with van der Waals surface area (Å²) in [5.41, 5.74) is 0. The first-order chi connectivity index (χ1) is 5.43. The van der Waals surface area contributed by atoms with Crippen molar-refractivity contribution < 1.29 is 9.47 Å². The topological polar surface area (TPSA) is 18.5 Å². The molecule has 0 amide bonds. The van der Waals surface area contributed by atoms with Crippen molar-refractivity contribution >= 4 is 0 Å². The predicted octanol–water partition coefficient (Wildman–Crippen LogP) is 2.11. The van der Waals surface area contributed by atoms with Gasteiger partial charge in [-0.05, 0) is 19.3 Å². The van der Waals surface area contributed by atoms with Gasteiger partial charge in [-0.1, -0.05) is 6.58 Å². The molecular formula is C9H16O2. The third-order valence-corrected chi connectivity index (χ3v) is 1.95. The lowest BCUT2D eigenvalue weighted by atomic mass is 10.1. The SMILES string of the molecule is C=COCCC1CCCCO1. The maximum Gasteiger partial charge on any atom is 0.0897 e. The summed E-state index contributed by atoms with van der Waals surface area (Å²) in [4.78, 5) is 0. The van der Waals surface area contributed by atoms with Gasteiger partial charge in [-0.3, -0.25) is 0 Å². The van der Waals surface area contributed by atoms with Gasteiger partial charge in [-0.15, -0.1) is 0 Å². The van der Waals surface area contributed by atoms with Crippen molar-refractivity contribution in [1.29, 1.82) is 0 Å². The minimum atomic E-state index is 0.434. The molecule has 1 aliphatic rings. The van der Waals surface area contributed by atoms with Crippen LogP contribution in [0.15, 0.2) is 12.8 Å². The van der Waals surface area contributed by atoms with Crippen molar-refractivity contribution in [3.63, 3.8) is 0 Å². The van der Waals surface area contributed by atoms with Crippen LogP contribution in [0.2, 0.25) is 0 Å². The van der Waals surface area contributed by atoms with E-state index in [0.29, 0.717) is 6.10 Å². The van der Waals surface area contributed by atoms with E-state index in [1.807, 2.05) is 0 Å². The number of ether oxygens (including phenoxy) is 2. The van der Waals surface area contributed by atoms with E-state index in [1.54, 1.807) is 0 Å². The van der Waals surface area contributed by atoms with Gasteiger partial charge in [-0.25, -0.2) is 0 Å². The second-order valence-corrected chi connectivity index (χ2v) is 2.81. The molecule has 1 atom stereocenters. The van der Waals surface area contributed by atoms with Crippen LogP contribution in [-0.4, -0.2) is 19.3 Å². The Bertz CT molecular complexity index is 106. The van der Waals surface area contributed by atoms with E-state index in [9.17, 15) is 0 Å². The van der Waals surface area contributed by atoms with E-state index in [-0.39, 0.29) is 0 Å². The first kappa shape index (κ1) is 8.60. The Kier molecular flexibility index (Phi) is 4.06. The molecule has 1 rings (SSSR count). The molecule has 1 fully saturated rings. The van der Waals surface area contributed by atoms with Gasteiger partial charge >= 0.3 is 0 Å². The largest absolute Gasteiger partial charge is 0.502 e. The summed E-state index contributed by atoms with van der Waals surface area (Å²) in [6.07, 6.45) is 6.65. The standard InChI is InChI=1S/C9H16O2/c1-2-10-8-6-9-5-3-4-7-11-9/h2,9H,1,3-8H2. The van der Waals surface area contributed by atoms with Crippen LogP contribution in [-0.2, 0) is 9.47 Å². The zero-order chi connectivity index (χ0) is 7.94. The van der Waals surface area contributed by atoms with Crippen LogP contribution < -0.4 is 0 Å². The molecule has 1 saturated heterocycles. The molecule has 0 aromatic rings. The maximum atomic E-state index is 5.51. The minimum Gasteiger partial charge on any atom is -0.502 e. The fraction of sp³-hybridized carbons (Fsp3) is 0.778. The summed E-state index contributed by atoms with van der Waals surface area (Å²) in [6.45, 7) is 5.15. The molecule has 2 nitrogen and oxygen atoms in total. The van der Waals surface area contributed by atoms with E-state index in [1.165, 1.54) is 25.5 Å². The molecular weight excluding hydrogens is 140 g/mol. The number of rotatable bonds is 4. The monoisotopic (exact) mass is 156 g/mol. The molecule has 1 heterocycles. The van der Waals surface area contributed by atoms with Gasteiger partial charge < -0.3 is 9.47 Å².